The molecule has 20 heavy (non-hydrogen) atoms. The average Bonchev–Trinajstić information content (AvgIpc) is 2.82. The smallest absolute Gasteiger partial charge is 0.241 e. The minimum absolute atomic E-state index is 0.0621. The van der Waals surface area contributed by atoms with Gasteiger partial charge in [0.15, 0.2) is 0 Å². The van der Waals surface area contributed by atoms with Gasteiger partial charge in [0.05, 0.1) is 4.90 Å². The third-order valence-corrected chi connectivity index (χ3v) is 5.53. The number of fused-ring (bicyclic) bond motifs is 1. The van der Waals surface area contributed by atoms with E-state index in [0.717, 1.165) is 30.0 Å². The van der Waals surface area contributed by atoms with Crippen LogP contribution in [0.2, 0.25) is 0 Å². The Morgan fingerprint density at radius 1 is 1.25 bits per heavy atom. The van der Waals surface area contributed by atoms with Crippen LogP contribution in [0.15, 0.2) is 41.6 Å². The topological polar surface area (TPSA) is 59.1 Å². The van der Waals surface area contributed by atoms with Crippen LogP contribution in [0.4, 0.5) is 0 Å². The van der Waals surface area contributed by atoms with E-state index in [0.29, 0.717) is 10.8 Å². The quantitative estimate of drug-likeness (QED) is 0.945. The van der Waals surface area contributed by atoms with Gasteiger partial charge in [0.2, 0.25) is 10.0 Å². The van der Waals surface area contributed by atoms with Crippen molar-refractivity contribution in [2.75, 3.05) is 0 Å². The number of nitrogens with zero attached hydrogens (tertiary/aromatic N) is 1. The molecule has 0 saturated heterocycles. The maximum atomic E-state index is 12.6. The normalized spacial score (nSPS) is 23.2. The number of aromatic nitrogens is 1. The molecule has 0 aliphatic heterocycles. The van der Waals surface area contributed by atoms with Crippen LogP contribution in [0.1, 0.15) is 26.2 Å². The van der Waals surface area contributed by atoms with Crippen molar-refractivity contribution in [3.05, 3.63) is 36.7 Å². The predicted molar refractivity (Wildman–Crippen MR) is 78.9 cm³/mol. The van der Waals surface area contributed by atoms with Crippen molar-refractivity contribution in [3.63, 3.8) is 0 Å². The second kappa shape index (κ2) is 5.14. The van der Waals surface area contributed by atoms with Gasteiger partial charge in [-0.2, -0.15) is 0 Å². The monoisotopic (exact) mass is 290 g/mol. The molecule has 0 bridgehead atoms. The Bertz CT molecular complexity index is 722. The Kier molecular flexibility index (Phi) is 3.48. The van der Waals surface area contributed by atoms with E-state index in [1.807, 2.05) is 6.07 Å². The summed E-state index contributed by atoms with van der Waals surface area (Å²) in [5.74, 6) is 0.597. The molecule has 106 valence electrons. The number of pyridine rings is 1. The highest BCUT2D eigenvalue weighted by Gasteiger charge is 2.27. The highest BCUT2D eigenvalue weighted by Crippen LogP contribution is 2.27. The van der Waals surface area contributed by atoms with Crippen LogP contribution in [0.5, 0.6) is 0 Å². The van der Waals surface area contributed by atoms with Gasteiger partial charge in [0, 0.05) is 29.2 Å². The van der Waals surface area contributed by atoms with Gasteiger partial charge in [-0.15, -0.1) is 0 Å². The fourth-order valence-corrected chi connectivity index (χ4v) is 4.44. The van der Waals surface area contributed by atoms with Crippen LogP contribution in [-0.2, 0) is 10.0 Å². The first-order valence-electron chi connectivity index (χ1n) is 6.91. The highest BCUT2D eigenvalue weighted by atomic mass is 32.2. The zero-order valence-electron chi connectivity index (χ0n) is 11.4. The van der Waals surface area contributed by atoms with E-state index in [9.17, 15) is 8.42 Å². The van der Waals surface area contributed by atoms with Crippen LogP contribution in [-0.4, -0.2) is 19.4 Å². The summed E-state index contributed by atoms with van der Waals surface area (Å²) in [6.45, 7) is 2.16. The summed E-state index contributed by atoms with van der Waals surface area (Å²) in [5, 5.41) is 1.57. The first kappa shape index (κ1) is 13.5. The Balaban J connectivity index is 1.97. The molecule has 2 unspecified atom stereocenters. The van der Waals surface area contributed by atoms with Crippen molar-refractivity contribution in [1.29, 1.82) is 0 Å². The maximum absolute atomic E-state index is 12.6. The number of sulfonamides is 1. The molecule has 1 saturated carbocycles. The lowest BCUT2D eigenvalue weighted by Crippen LogP contribution is -2.33. The van der Waals surface area contributed by atoms with Gasteiger partial charge in [-0.1, -0.05) is 19.1 Å². The maximum Gasteiger partial charge on any atom is 0.241 e. The number of nitrogens with one attached hydrogen (secondary N) is 1. The molecule has 0 amide bonds. The van der Waals surface area contributed by atoms with Crippen LogP contribution in [0, 0.1) is 5.92 Å². The van der Waals surface area contributed by atoms with E-state index < -0.39 is 10.0 Å². The molecule has 1 aliphatic carbocycles. The molecule has 2 atom stereocenters. The van der Waals surface area contributed by atoms with E-state index in [-0.39, 0.29) is 6.04 Å². The van der Waals surface area contributed by atoms with Gasteiger partial charge in [-0.05, 0) is 37.3 Å². The van der Waals surface area contributed by atoms with Crippen molar-refractivity contribution >= 4 is 20.8 Å². The molecule has 1 aliphatic rings. The van der Waals surface area contributed by atoms with E-state index in [4.69, 9.17) is 0 Å². The summed E-state index contributed by atoms with van der Waals surface area (Å²) in [6.07, 6.45) is 6.25. The number of hydrogen-bond donors (Lipinski definition) is 1. The molecule has 5 heteroatoms. The van der Waals surface area contributed by atoms with Crippen molar-refractivity contribution < 1.29 is 8.42 Å². The van der Waals surface area contributed by atoms with Crippen LogP contribution < -0.4 is 4.72 Å². The van der Waals surface area contributed by atoms with Gasteiger partial charge in [-0.3, -0.25) is 4.98 Å². The van der Waals surface area contributed by atoms with Gasteiger partial charge < -0.3 is 0 Å². The molecule has 4 nitrogen and oxygen atoms in total. The number of rotatable bonds is 3. The van der Waals surface area contributed by atoms with Crippen molar-refractivity contribution in [1.82, 2.24) is 9.71 Å². The summed E-state index contributed by atoms with van der Waals surface area (Å²) < 4.78 is 28.0. The Labute approximate surface area is 119 Å². The van der Waals surface area contributed by atoms with Crippen molar-refractivity contribution in [2.45, 2.75) is 37.1 Å². The summed E-state index contributed by atoms with van der Waals surface area (Å²) in [6, 6.07) is 7.10. The van der Waals surface area contributed by atoms with Crippen molar-refractivity contribution in [3.8, 4) is 0 Å². The molecule has 0 spiro atoms. The predicted octanol–water partition coefficient (Wildman–Crippen LogP) is 2.70. The lowest BCUT2D eigenvalue weighted by atomic mass is 10.1. The molecule has 3 rings (SSSR count). The second-order valence-corrected chi connectivity index (χ2v) is 7.27. The average molecular weight is 290 g/mol. The first-order valence-corrected chi connectivity index (χ1v) is 8.39. The zero-order chi connectivity index (χ0) is 14.2. The minimum atomic E-state index is -3.47. The third kappa shape index (κ3) is 2.55. The van der Waals surface area contributed by atoms with E-state index in [2.05, 4.69) is 16.6 Å². The van der Waals surface area contributed by atoms with Crippen LogP contribution in [0.25, 0.3) is 10.8 Å². The third-order valence-electron chi connectivity index (χ3n) is 3.95. The van der Waals surface area contributed by atoms with Crippen LogP contribution in [0.3, 0.4) is 0 Å². The van der Waals surface area contributed by atoms with Gasteiger partial charge in [0.25, 0.3) is 0 Å². The van der Waals surface area contributed by atoms with Crippen molar-refractivity contribution in [2.24, 2.45) is 5.92 Å². The zero-order valence-corrected chi connectivity index (χ0v) is 12.2. The van der Waals surface area contributed by atoms with Gasteiger partial charge in [-0.25, -0.2) is 13.1 Å². The summed E-state index contributed by atoms with van der Waals surface area (Å²) in [4.78, 5) is 4.38. The Hall–Kier alpha value is -1.46. The SMILES string of the molecule is CC1CCC(NS(=O)(=O)c2cccc3cnccc23)C1. The molecule has 1 aromatic carbocycles. The fraction of sp³-hybridized carbons (Fsp3) is 0.400. The first-order chi connectivity index (χ1) is 9.56. The standard InChI is InChI=1S/C15H18N2O2S/c1-11-5-6-13(9-11)17-20(18,19)15-4-2-3-12-10-16-8-7-14(12)15/h2-4,7-8,10-11,13,17H,5-6,9H2,1H3. The van der Waals surface area contributed by atoms with Gasteiger partial charge >= 0.3 is 0 Å². The molecule has 0 radical (unpaired) electrons. The molecule has 1 aromatic heterocycles. The highest BCUT2D eigenvalue weighted by molar-refractivity contribution is 7.89. The molecule has 1 heterocycles. The van der Waals surface area contributed by atoms with E-state index in [1.54, 1.807) is 30.6 Å². The number of hydrogen-bond acceptors (Lipinski definition) is 3. The Morgan fingerprint density at radius 2 is 2.10 bits per heavy atom. The van der Waals surface area contributed by atoms with Crippen LogP contribution >= 0.6 is 0 Å². The summed E-state index contributed by atoms with van der Waals surface area (Å²) in [7, 11) is -3.47. The lowest BCUT2D eigenvalue weighted by molar-refractivity contribution is 0.539. The largest absolute Gasteiger partial charge is 0.264 e. The summed E-state index contributed by atoms with van der Waals surface area (Å²) >= 11 is 0. The molecule has 1 fully saturated rings. The molecule has 1 N–H and O–H groups in total. The van der Waals surface area contributed by atoms with E-state index in [1.165, 1.54) is 0 Å². The summed E-state index contributed by atoms with van der Waals surface area (Å²) in [5.41, 5.74) is 0. The second-order valence-electron chi connectivity index (χ2n) is 5.59. The molecule has 2 aromatic rings. The van der Waals surface area contributed by atoms with Gasteiger partial charge in [0.1, 0.15) is 0 Å². The van der Waals surface area contributed by atoms with E-state index >= 15 is 0 Å². The Morgan fingerprint density at radius 3 is 2.85 bits per heavy atom. The molecular weight excluding hydrogens is 272 g/mol. The lowest BCUT2D eigenvalue weighted by Gasteiger charge is -2.14. The number of benzene rings is 1. The fourth-order valence-electron chi connectivity index (χ4n) is 2.92. The minimum Gasteiger partial charge on any atom is -0.264 e. The molecular formula is C15H18N2O2S.